The van der Waals surface area contributed by atoms with Crippen molar-refractivity contribution in [1.82, 2.24) is 0 Å². The van der Waals surface area contributed by atoms with Crippen LogP contribution < -0.4 is 14.2 Å². The van der Waals surface area contributed by atoms with Crippen LogP contribution in [0.3, 0.4) is 0 Å². The third-order valence-corrected chi connectivity index (χ3v) is 4.51. The van der Waals surface area contributed by atoms with Crippen molar-refractivity contribution in [1.29, 1.82) is 0 Å². The summed E-state index contributed by atoms with van der Waals surface area (Å²) in [4.78, 5) is 11.8. The summed E-state index contributed by atoms with van der Waals surface area (Å²) in [7, 11) is 3.15. The summed E-state index contributed by atoms with van der Waals surface area (Å²) in [5.74, 6) is 1.89. The summed E-state index contributed by atoms with van der Waals surface area (Å²) >= 11 is 0. The third-order valence-electron chi connectivity index (χ3n) is 4.51. The molecule has 0 spiro atoms. The molecule has 2 heterocycles. The average Bonchev–Trinajstić information content (AvgIpc) is 3.02. The molecule has 0 unspecified atom stereocenters. The van der Waals surface area contributed by atoms with Gasteiger partial charge in [0.05, 0.1) is 14.2 Å². The largest absolute Gasteiger partial charge is 0.509 e. The van der Waals surface area contributed by atoms with E-state index >= 15 is 0 Å². The zero-order valence-electron chi connectivity index (χ0n) is 14.1. The van der Waals surface area contributed by atoms with Gasteiger partial charge in [-0.1, -0.05) is 17.7 Å². The molecule has 3 atom stereocenters. The van der Waals surface area contributed by atoms with E-state index in [1.54, 1.807) is 20.3 Å². The quantitative estimate of drug-likeness (QED) is 0.792. The first-order valence-corrected chi connectivity index (χ1v) is 7.97. The number of methoxy groups -OCH3 is 2. The number of hydrogen-bond donors (Lipinski definition) is 0. The van der Waals surface area contributed by atoms with Crippen molar-refractivity contribution < 1.29 is 28.5 Å². The molecule has 2 aromatic rings. The Morgan fingerprint density at radius 2 is 1.68 bits per heavy atom. The molecule has 6 heteroatoms. The van der Waals surface area contributed by atoms with E-state index in [0.717, 1.165) is 16.7 Å². The molecule has 0 saturated carbocycles. The lowest BCUT2D eigenvalue weighted by molar-refractivity contribution is 0.00773. The van der Waals surface area contributed by atoms with Gasteiger partial charge in [-0.15, -0.1) is 0 Å². The number of benzene rings is 2. The number of ether oxygens (including phenoxy) is 5. The first kappa shape index (κ1) is 15.6. The van der Waals surface area contributed by atoms with Crippen molar-refractivity contribution >= 4 is 6.16 Å². The molecule has 4 rings (SSSR count). The van der Waals surface area contributed by atoms with E-state index in [-0.39, 0.29) is 0 Å². The fourth-order valence-corrected chi connectivity index (χ4v) is 3.32. The maximum Gasteiger partial charge on any atom is 0.509 e. The van der Waals surface area contributed by atoms with Gasteiger partial charge >= 0.3 is 6.16 Å². The molecule has 0 radical (unpaired) electrons. The first-order chi connectivity index (χ1) is 12.1. The number of fused-ring (bicyclic) bond motifs is 3. The van der Waals surface area contributed by atoms with E-state index in [0.29, 0.717) is 17.2 Å². The van der Waals surface area contributed by atoms with Gasteiger partial charge in [0, 0.05) is 11.1 Å². The Bertz CT molecular complexity index is 831. The van der Waals surface area contributed by atoms with Crippen LogP contribution in [0.1, 0.15) is 28.9 Å². The molecule has 1 saturated heterocycles. The molecular formula is C19H18O6. The fourth-order valence-electron chi connectivity index (χ4n) is 3.32. The van der Waals surface area contributed by atoms with Crippen LogP contribution in [0.25, 0.3) is 0 Å². The topological polar surface area (TPSA) is 63.2 Å². The lowest BCUT2D eigenvalue weighted by Crippen LogP contribution is -2.32. The Morgan fingerprint density at radius 3 is 2.44 bits per heavy atom. The van der Waals surface area contributed by atoms with Crippen LogP contribution in [-0.4, -0.2) is 26.5 Å². The van der Waals surface area contributed by atoms with Crippen LogP contribution >= 0.6 is 0 Å². The summed E-state index contributed by atoms with van der Waals surface area (Å²) < 4.78 is 27.6. The van der Waals surface area contributed by atoms with E-state index in [1.807, 2.05) is 37.3 Å². The van der Waals surface area contributed by atoms with Gasteiger partial charge in [0.1, 0.15) is 5.75 Å². The highest BCUT2D eigenvalue weighted by Crippen LogP contribution is 2.48. The predicted octanol–water partition coefficient (Wildman–Crippen LogP) is 3.72. The van der Waals surface area contributed by atoms with Crippen molar-refractivity contribution in [2.45, 2.75) is 25.2 Å². The molecule has 2 aromatic carbocycles. The van der Waals surface area contributed by atoms with Crippen LogP contribution in [0, 0.1) is 6.92 Å². The van der Waals surface area contributed by atoms with Gasteiger partial charge in [-0.25, -0.2) is 4.79 Å². The number of carbonyl (C=O) groups excluding carboxylic acids is 1. The van der Waals surface area contributed by atoms with Gasteiger partial charge in [-0.2, -0.15) is 0 Å². The molecule has 130 valence electrons. The van der Waals surface area contributed by atoms with Crippen LogP contribution in [0.15, 0.2) is 36.4 Å². The van der Waals surface area contributed by atoms with Crippen molar-refractivity contribution in [2.75, 3.05) is 14.2 Å². The lowest BCUT2D eigenvalue weighted by Gasteiger charge is -2.33. The fraction of sp³-hybridized carbons (Fsp3) is 0.316. The Hall–Kier alpha value is -2.89. The standard InChI is InChI=1S/C19H18O6/c1-10-4-6-13-12(8-10)17-18(25-19(20)24-17)16(23-13)11-5-7-14(21-2)15(9-11)22-3/h4-9,16-18H,1-3H3/t16-,17-,18-/m1/s1. The lowest BCUT2D eigenvalue weighted by atomic mass is 9.91. The minimum atomic E-state index is -0.682. The molecule has 0 N–H and O–H groups in total. The van der Waals surface area contributed by atoms with Crippen LogP contribution in [0.5, 0.6) is 17.2 Å². The second-order valence-corrected chi connectivity index (χ2v) is 6.07. The van der Waals surface area contributed by atoms with E-state index in [1.165, 1.54) is 0 Å². The summed E-state index contributed by atoms with van der Waals surface area (Å²) in [6.45, 7) is 1.98. The second-order valence-electron chi connectivity index (χ2n) is 6.07. The van der Waals surface area contributed by atoms with E-state index in [9.17, 15) is 4.79 Å². The number of rotatable bonds is 3. The van der Waals surface area contributed by atoms with Crippen molar-refractivity contribution in [3.8, 4) is 17.2 Å². The maximum atomic E-state index is 11.8. The van der Waals surface area contributed by atoms with Gasteiger partial charge in [-0.05, 0) is 31.2 Å². The molecule has 0 aliphatic carbocycles. The third kappa shape index (κ3) is 2.54. The Kier molecular flexibility index (Phi) is 3.67. The average molecular weight is 342 g/mol. The predicted molar refractivity (Wildman–Crippen MR) is 88.2 cm³/mol. The van der Waals surface area contributed by atoms with Gasteiger partial charge in [-0.3, -0.25) is 0 Å². The zero-order valence-corrected chi connectivity index (χ0v) is 14.1. The van der Waals surface area contributed by atoms with Gasteiger partial charge in [0.15, 0.2) is 29.8 Å². The number of aryl methyl sites for hydroxylation is 1. The molecule has 0 amide bonds. The number of hydrogen-bond acceptors (Lipinski definition) is 6. The van der Waals surface area contributed by atoms with E-state index < -0.39 is 24.5 Å². The van der Waals surface area contributed by atoms with Crippen molar-refractivity contribution in [3.63, 3.8) is 0 Å². The number of carbonyl (C=O) groups is 1. The molecule has 0 bridgehead atoms. The van der Waals surface area contributed by atoms with Crippen molar-refractivity contribution in [2.24, 2.45) is 0 Å². The molecule has 1 fully saturated rings. The normalized spacial score (nSPS) is 23.6. The zero-order chi connectivity index (χ0) is 17.6. The maximum absolute atomic E-state index is 11.8. The molecule has 2 aliphatic rings. The van der Waals surface area contributed by atoms with E-state index in [2.05, 4.69) is 0 Å². The van der Waals surface area contributed by atoms with Crippen LogP contribution in [-0.2, 0) is 9.47 Å². The monoisotopic (exact) mass is 342 g/mol. The SMILES string of the molecule is COc1ccc([C@H]2Oc3ccc(C)cc3[C@H]3OC(=O)O[C@H]23)cc1OC. The highest BCUT2D eigenvalue weighted by Gasteiger charge is 2.49. The highest BCUT2D eigenvalue weighted by atomic mass is 16.8. The minimum Gasteiger partial charge on any atom is -0.493 e. The van der Waals surface area contributed by atoms with E-state index in [4.69, 9.17) is 23.7 Å². The molecule has 6 nitrogen and oxygen atoms in total. The summed E-state index contributed by atoms with van der Waals surface area (Å²) in [6, 6.07) is 11.3. The smallest absolute Gasteiger partial charge is 0.493 e. The summed E-state index contributed by atoms with van der Waals surface area (Å²) in [5.41, 5.74) is 2.71. The van der Waals surface area contributed by atoms with Gasteiger partial charge in [0.2, 0.25) is 0 Å². The Balaban J connectivity index is 1.78. The summed E-state index contributed by atoms with van der Waals surface area (Å²) in [5, 5.41) is 0. The first-order valence-electron chi connectivity index (χ1n) is 7.97. The minimum absolute atomic E-state index is 0.491. The van der Waals surface area contributed by atoms with Crippen LogP contribution in [0.2, 0.25) is 0 Å². The van der Waals surface area contributed by atoms with Crippen molar-refractivity contribution in [3.05, 3.63) is 53.1 Å². The molecular weight excluding hydrogens is 324 g/mol. The summed E-state index contributed by atoms with van der Waals surface area (Å²) in [6.07, 6.45) is -2.22. The molecule has 0 aromatic heterocycles. The Labute approximate surface area is 145 Å². The van der Waals surface area contributed by atoms with Crippen LogP contribution in [0.4, 0.5) is 4.79 Å². The molecule has 2 aliphatic heterocycles. The highest BCUT2D eigenvalue weighted by molar-refractivity contribution is 5.64. The Morgan fingerprint density at radius 1 is 0.880 bits per heavy atom. The second kappa shape index (κ2) is 5.88. The van der Waals surface area contributed by atoms with Gasteiger partial charge in [0.25, 0.3) is 0 Å². The molecule has 25 heavy (non-hydrogen) atoms. The van der Waals surface area contributed by atoms with Gasteiger partial charge < -0.3 is 23.7 Å².